The number of hydrogen-bond donors (Lipinski definition) is 3. The van der Waals surface area contributed by atoms with Gasteiger partial charge < -0.3 is 25.4 Å². The van der Waals surface area contributed by atoms with Crippen LogP contribution in [0, 0.1) is 17.6 Å². The van der Waals surface area contributed by atoms with Crippen LogP contribution in [0.2, 0.25) is 5.02 Å². The van der Waals surface area contributed by atoms with E-state index in [0.29, 0.717) is 29.2 Å². The molecule has 1 aromatic heterocycles. The van der Waals surface area contributed by atoms with Gasteiger partial charge in [0.15, 0.2) is 0 Å². The number of anilines is 1. The van der Waals surface area contributed by atoms with Crippen molar-refractivity contribution in [3.05, 3.63) is 70.9 Å². The molecule has 0 unspecified atom stereocenters. The highest BCUT2D eigenvalue weighted by Crippen LogP contribution is 2.20. The largest absolute Gasteiger partial charge is 0.465 e. The van der Waals surface area contributed by atoms with Crippen LogP contribution in [-0.2, 0) is 20.8 Å². The Hall–Kier alpha value is -4.03. The molecule has 42 heavy (non-hydrogen) atoms. The molecule has 0 bridgehead atoms. The Labute approximate surface area is 247 Å². The van der Waals surface area contributed by atoms with E-state index in [4.69, 9.17) is 26.8 Å². The molecule has 2 atom stereocenters. The quantitative estimate of drug-likeness (QED) is 0.190. The second kappa shape index (κ2) is 15.3. The summed E-state index contributed by atoms with van der Waals surface area (Å²) in [6.45, 7) is 3.42. The van der Waals surface area contributed by atoms with E-state index in [-0.39, 0.29) is 36.5 Å². The van der Waals surface area contributed by atoms with Crippen LogP contribution in [0.15, 0.2) is 48.7 Å². The first kappa shape index (κ1) is 32.5. The molecule has 0 aliphatic rings. The SMILES string of the molecule is CC(C)[C@@H](N)C(=O)OCCC[C@@H](COC(=O)Nc1cc2cc(F)ccc2cn1)N(C)C(=O)NCc1cccc(F)c1Cl. The van der Waals surface area contributed by atoms with Gasteiger partial charge in [-0.05, 0) is 60.0 Å². The Kier molecular flexibility index (Phi) is 11.8. The summed E-state index contributed by atoms with van der Waals surface area (Å²) < 4.78 is 38.0. The summed E-state index contributed by atoms with van der Waals surface area (Å²) in [6, 6.07) is 8.07. The zero-order valence-electron chi connectivity index (χ0n) is 23.5. The number of pyridine rings is 1. The minimum absolute atomic E-state index is 0.0350. The topological polar surface area (TPSA) is 136 Å². The van der Waals surface area contributed by atoms with E-state index in [2.05, 4.69) is 15.6 Å². The zero-order chi connectivity index (χ0) is 30.8. The smallest absolute Gasteiger partial charge is 0.412 e. The molecule has 226 valence electrons. The molecule has 0 spiro atoms. The molecule has 1 heterocycles. The van der Waals surface area contributed by atoms with Crippen LogP contribution in [0.5, 0.6) is 0 Å². The van der Waals surface area contributed by atoms with E-state index >= 15 is 0 Å². The molecular weight excluding hydrogens is 572 g/mol. The van der Waals surface area contributed by atoms with Crippen molar-refractivity contribution < 1.29 is 32.6 Å². The fourth-order valence-corrected chi connectivity index (χ4v) is 4.08. The van der Waals surface area contributed by atoms with Crippen LogP contribution in [0.25, 0.3) is 10.8 Å². The van der Waals surface area contributed by atoms with Crippen LogP contribution in [0.4, 0.5) is 24.2 Å². The highest BCUT2D eigenvalue weighted by atomic mass is 35.5. The van der Waals surface area contributed by atoms with Gasteiger partial charge >= 0.3 is 18.1 Å². The summed E-state index contributed by atoms with van der Waals surface area (Å²) in [5.41, 5.74) is 6.21. The fourth-order valence-electron chi connectivity index (χ4n) is 3.89. The van der Waals surface area contributed by atoms with Gasteiger partial charge in [-0.15, -0.1) is 0 Å². The third-order valence-electron chi connectivity index (χ3n) is 6.57. The fraction of sp³-hybridized carbons (Fsp3) is 0.379. The minimum Gasteiger partial charge on any atom is -0.465 e. The van der Waals surface area contributed by atoms with Crippen LogP contribution >= 0.6 is 11.6 Å². The highest BCUT2D eigenvalue weighted by molar-refractivity contribution is 6.31. The maximum absolute atomic E-state index is 13.8. The van der Waals surface area contributed by atoms with E-state index < -0.39 is 41.8 Å². The number of carbonyl (C=O) groups is 3. The lowest BCUT2D eigenvalue weighted by Crippen LogP contribution is -2.46. The predicted molar refractivity (Wildman–Crippen MR) is 155 cm³/mol. The van der Waals surface area contributed by atoms with Crippen molar-refractivity contribution in [3.8, 4) is 0 Å². The van der Waals surface area contributed by atoms with Crippen LogP contribution < -0.4 is 16.4 Å². The van der Waals surface area contributed by atoms with Gasteiger partial charge in [0.05, 0.1) is 17.7 Å². The van der Waals surface area contributed by atoms with Crippen molar-refractivity contribution >= 4 is 46.3 Å². The maximum atomic E-state index is 13.8. The number of carbonyl (C=O) groups excluding carboxylic acids is 3. The molecule has 3 rings (SSSR count). The van der Waals surface area contributed by atoms with Gasteiger partial charge in [-0.2, -0.15) is 0 Å². The van der Waals surface area contributed by atoms with Gasteiger partial charge in [0.2, 0.25) is 0 Å². The van der Waals surface area contributed by atoms with Crippen LogP contribution in [-0.4, -0.2) is 60.3 Å². The molecule has 0 saturated carbocycles. The van der Waals surface area contributed by atoms with Gasteiger partial charge in [0, 0.05) is 25.2 Å². The lowest BCUT2D eigenvalue weighted by molar-refractivity contribution is -0.146. The normalized spacial score (nSPS) is 12.5. The van der Waals surface area contributed by atoms with E-state index in [1.807, 2.05) is 0 Å². The number of nitrogens with zero attached hydrogens (tertiary/aromatic N) is 2. The van der Waals surface area contributed by atoms with E-state index in [0.717, 1.165) is 0 Å². The van der Waals surface area contributed by atoms with Crippen molar-refractivity contribution in [1.29, 1.82) is 0 Å². The van der Waals surface area contributed by atoms with Gasteiger partial charge in [0.25, 0.3) is 0 Å². The number of urea groups is 1. The second-order valence-corrected chi connectivity index (χ2v) is 10.4. The summed E-state index contributed by atoms with van der Waals surface area (Å²) in [6.07, 6.45) is 1.30. The number of halogens is 3. The zero-order valence-corrected chi connectivity index (χ0v) is 24.3. The molecule has 0 radical (unpaired) electrons. The third-order valence-corrected chi connectivity index (χ3v) is 6.99. The van der Waals surface area contributed by atoms with Crippen LogP contribution in [0.3, 0.4) is 0 Å². The Balaban J connectivity index is 1.61. The number of nitrogens with one attached hydrogen (secondary N) is 2. The summed E-state index contributed by atoms with van der Waals surface area (Å²) >= 11 is 5.98. The maximum Gasteiger partial charge on any atom is 0.412 e. The molecule has 0 fully saturated rings. The average molecular weight is 606 g/mol. The molecule has 3 aromatic rings. The van der Waals surface area contributed by atoms with Crippen LogP contribution in [0.1, 0.15) is 32.3 Å². The summed E-state index contributed by atoms with van der Waals surface area (Å²) in [7, 11) is 1.51. The molecule has 13 heteroatoms. The van der Waals surface area contributed by atoms with Gasteiger partial charge in [-0.25, -0.2) is 23.4 Å². The monoisotopic (exact) mass is 605 g/mol. The summed E-state index contributed by atoms with van der Waals surface area (Å²) in [5, 5.41) is 6.30. The Bertz CT molecular complexity index is 1410. The second-order valence-electron chi connectivity index (χ2n) is 10.0. The minimum atomic E-state index is -0.835. The molecule has 3 amide bonds. The van der Waals surface area contributed by atoms with E-state index in [1.54, 1.807) is 26.0 Å². The molecule has 0 saturated heterocycles. The van der Waals surface area contributed by atoms with Crippen molar-refractivity contribution in [3.63, 3.8) is 0 Å². The van der Waals surface area contributed by atoms with E-state index in [1.165, 1.54) is 48.5 Å². The number of aromatic nitrogens is 1. The standard InChI is InChI=1S/C29H34ClF2N5O5/c1-17(2)26(33)27(38)41-11-5-7-22(37(3)28(39)35-15-19-6-4-8-23(32)25(19)30)16-42-29(40)36-24-13-20-12-21(31)10-9-18(20)14-34-24/h4,6,8-10,12-14,17,22,26H,5,7,11,15-16,33H2,1-3H3,(H,35,39)(H,34,36,40)/t22-,26+/m0/s1. The number of rotatable bonds is 12. The van der Waals surface area contributed by atoms with Gasteiger partial charge in [-0.3, -0.25) is 10.1 Å². The number of hydrogen-bond acceptors (Lipinski definition) is 7. The lowest BCUT2D eigenvalue weighted by atomic mass is 10.1. The Morgan fingerprint density at radius 1 is 1.10 bits per heavy atom. The molecular formula is C29H34ClF2N5O5. The molecule has 10 nitrogen and oxygen atoms in total. The first-order valence-electron chi connectivity index (χ1n) is 13.3. The summed E-state index contributed by atoms with van der Waals surface area (Å²) in [5.74, 6) is -1.50. The van der Waals surface area contributed by atoms with Crippen molar-refractivity contribution in [1.82, 2.24) is 15.2 Å². The third kappa shape index (κ3) is 9.25. The Morgan fingerprint density at radius 3 is 2.60 bits per heavy atom. The number of benzene rings is 2. The van der Waals surface area contributed by atoms with Crippen molar-refractivity contribution in [2.24, 2.45) is 11.7 Å². The first-order chi connectivity index (χ1) is 20.0. The molecule has 0 aliphatic heterocycles. The number of amides is 3. The number of fused-ring (bicyclic) bond motifs is 1. The van der Waals surface area contributed by atoms with Gasteiger partial charge in [0.1, 0.15) is 30.1 Å². The number of esters is 1. The Morgan fingerprint density at radius 2 is 1.86 bits per heavy atom. The highest BCUT2D eigenvalue weighted by Gasteiger charge is 2.23. The molecule has 0 aliphatic carbocycles. The summed E-state index contributed by atoms with van der Waals surface area (Å²) in [4.78, 5) is 43.0. The lowest BCUT2D eigenvalue weighted by Gasteiger charge is -2.28. The number of likely N-dealkylation sites (N-methyl/N-ethyl adjacent to an activating group) is 1. The van der Waals surface area contributed by atoms with Crippen molar-refractivity contribution in [2.45, 2.75) is 45.3 Å². The molecule has 2 aromatic carbocycles. The predicted octanol–water partition coefficient (Wildman–Crippen LogP) is 5.23. The van der Waals surface area contributed by atoms with Gasteiger partial charge in [-0.1, -0.05) is 37.6 Å². The number of ether oxygens (including phenoxy) is 2. The molecule has 4 N–H and O–H groups in total. The van der Waals surface area contributed by atoms with E-state index in [9.17, 15) is 23.2 Å². The van der Waals surface area contributed by atoms with Crippen molar-refractivity contribution in [2.75, 3.05) is 25.6 Å². The average Bonchev–Trinajstić information content (AvgIpc) is 2.96. The number of nitrogens with two attached hydrogens (primary N) is 1. The first-order valence-corrected chi connectivity index (χ1v) is 13.7.